The zero-order valence-electron chi connectivity index (χ0n) is 20.2. The molecule has 7 nitrogen and oxygen atoms in total. The number of halogens is 1. The highest BCUT2D eigenvalue weighted by Gasteiger charge is 2.38. The summed E-state index contributed by atoms with van der Waals surface area (Å²) in [5, 5.41) is 12.5. The number of ketones is 1. The maximum atomic E-state index is 14.4. The number of benzene rings is 2. The molecule has 3 rings (SSSR count). The molecule has 0 aliphatic carbocycles. The number of anilines is 1. The molecular weight excluding hydrogens is 451 g/mol. The number of nitrogens with zero attached hydrogens (tertiary/aromatic N) is 1. The van der Waals surface area contributed by atoms with Gasteiger partial charge >= 0.3 is 5.97 Å². The second-order valence-corrected chi connectivity index (χ2v) is 9.01. The number of hydrogen-bond donors (Lipinski definition) is 2. The molecular formula is C27H33FN2O5. The number of nitrogens with one attached hydrogen (secondary N) is 1. The van der Waals surface area contributed by atoms with Crippen molar-refractivity contribution in [3.63, 3.8) is 0 Å². The Labute approximate surface area is 205 Å². The van der Waals surface area contributed by atoms with E-state index in [4.69, 9.17) is 4.74 Å². The third-order valence-corrected chi connectivity index (χ3v) is 6.45. The van der Waals surface area contributed by atoms with Gasteiger partial charge in [-0.05, 0) is 44.4 Å². The maximum Gasteiger partial charge on any atom is 0.326 e. The largest absolute Gasteiger partial charge is 0.480 e. The van der Waals surface area contributed by atoms with Gasteiger partial charge in [-0.1, -0.05) is 42.5 Å². The van der Waals surface area contributed by atoms with Gasteiger partial charge in [0.1, 0.15) is 30.8 Å². The van der Waals surface area contributed by atoms with Gasteiger partial charge in [-0.15, -0.1) is 0 Å². The molecule has 0 aromatic heterocycles. The van der Waals surface area contributed by atoms with Crippen molar-refractivity contribution in [3.05, 3.63) is 65.7 Å². The molecule has 2 unspecified atom stereocenters. The average Bonchev–Trinajstić information content (AvgIpc) is 3.38. The predicted octanol–water partition coefficient (Wildman–Crippen LogP) is 3.98. The molecule has 1 aliphatic heterocycles. The molecule has 1 heterocycles. The van der Waals surface area contributed by atoms with Crippen LogP contribution in [0.2, 0.25) is 0 Å². The normalized spacial score (nSPS) is 19.1. The zero-order valence-corrected chi connectivity index (χ0v) is 20.2. The Kier molecular flexibility index (Phi) is 9.12. The highest BCUT2D eigenvalue weighted by molar-refractivity contribution is 6.04. The van der Waals surface area contributed by atoms with Crippen LogP contribution in [0, 0.1) is 0 Å². The van der Waals surface area contributed by atoms with Gasteiger partial charge in [0.25, 0.3) is 0 Å². The van der Waals surface area contributed by atoms with Crippen molar-refractivity contribution in [1.29, 1.82) is 0 Å². The molecule has 0 spiro atoms. The SMILES string of the molecule is CCOC(CC(C=O)c1ccccc1)N[C@](C)(CF)C(=O)c1cccc(N2CCC[C@H]2C(=O)O)c1. The fraction of sp³-hybridized carbons (Fsp3) is 0.444. The first-order valence-corrected chi connectivity index (χ1v) is 11.9. The summed E-state index contributed by atoms with van der Waals surface area (Å²) in [7, 11) is 0. The van der Waals surface area contributed by atoms with Crippen molar-refractivity contribution in [2.45, 2.75) is 56.8 Å². The Morgan fingerprint density at radius 1 is 1.26 bits per heavy atom. The Morgan fingerprint density at radius 2 is 2.00 bits per heavy atom. The van der Waals surface area contributed by atoms with E-state index < -0.39 is 42.2 Å². The summed E-state index contributed by atoms with van der Waals surface area (Å²) in [5.74, 6) is -1.86. The highest BCUT2D eigenvalue weighted by Crippen LogP contribution is 2.28. The number of carbonyl (C=O) groups excluding carboxylic acids is 2. The van der Waals surface area contributed by atoms with Crippen LogP contribution in [0.25, 0.3) is 0 Å². The number of ether oxygens (including phenoxy) is 1. The minimum atomic E-state index is -1.60. The van der Waals surface area contributed by atoms with Gasteiger partial charge in [0.05, 0.1) is 0 Å². The van der Waals surface area contributed by atoms with Crippen LogP contribution in [0.1, 0.15) is 54.9 Å². The lowest BCUT2D eigenvalue weighted by molar-refractivity contribution is -0.138. The van der Waals surface area contributed by atoms with Gasteiger partial charge in [0.2, 0.25) is 0 Å². The molecule has 4 atom stereocenters. The Bertz CT molecular complexity index is 1020. The van der Waals surface area contributed by atoms with Gasteiger partial charge in [-0.25, -0.2) is 9.18 Å². The molecule has 35 heavy (non-hydrogen) atoms. The van der Waals surface area contributed by atoms with Gasteiger partial charge in [0.15, 0.2) is 5.78 Å². The number of hydrogen-bond acceptors (Lipinski definition) is 6. The van der Waals surface area contributed by atoms with Crippen molar-refractivity contribution in [3.8, 4) is 0 Å². The van der Waals surface area contributed by atoms with Gasteiger partial charge in [-0.3, -0.25) is 10.1 Å². The van der Waals surface area contributed by atoms with Crippen LogP contribution in [0.4, 0.5) is 10.1 Å². The van der Waals surface area contributed by atoms with Crippen molar-refractivity contribution in [1.82, 2.24) is 5.32 Å². The summed E-state index contributed by atoms with van der Waals surface area (Å²) in [6.45, 7) is 3.17. The smallest absolute Gasteiger partial charge is 0.326 e. The van der Waals surface area contributed by atoms with Crippen LogP contribution in [0.5, 0.6) is 0 Å². The molecule has 1 aliphatic rings. The first-order chi connectivity index (χ1) is 16.8. The van der Waals surface area contributed by atoms with Crippen molar-refractivity contribution < 1.29 is 28.6 Å². The van der Waals surface area contributed by atoms with E-state index in [1.165, 1.54) is 6.92 Å². The van der Waals surface area contributed by atoms with Crippen LogP contribution < -0.4 is 10.2 Å². The topological polar surface area (TPSA) is 95.9 Å². The predicted molar refractivity (Wildman–Crippen MR) is 132 cm³/mol. The lowest BCUT2D eigenvalue weighted by Crippen LogP contribution is -2.56. The summed E-state index contributed by atoms with van der Waals surface area (Å²) in [4.78, 5) is 38.6. The number of Topliss-reactive ketones (excluding diaryl/α,β-unsaturated/α-hetero) is 1. The van der Waals surface area contributed by atoms with Crippen molar-refractivity contribution in [2.24, 2.45) is 0 Å². The summed E-state index contributed by atoms with van der Waals surface area (Å²) in [6, 6.07) is 15.2. The van der Waals surface area contributed by atoms with Gasteiger partial charge in [0, 0.05) is 36.7 Å². The molecule has 0 radical (unpaired) electrons. The quantitative estimate of drug-likeness (QED) is 0.252. The number of alkyl halides is 1. The third kappa shape index (κ3) is 6.32. The van der Waals surface area contributed by atoms with Gasteiger partial charge in [-0.2, -0.15) is 0 Å². The number of carboxylic acid groups (broad SMARTS) is 1. The van der Waals surface area contributed by atoms with Crippen LogP contribution in [0.15, 0.2) is 54.6 Å². The standard InChI is InChI=1S/C27H33FN2O5/c1-3-35-24(16-21(17-31)19-9-5-4-6-10-19)29-27(2,18-28)25(32)20-11-7-12-22(15-20)30-14-8-13-23(30)26(33)34/h4-7,9-12,15,17,21,23-24,29H,3,8,13-14,16,18H2,1-2H3,(H,33,34)/t21?,23-,24?,27+/m0/s1. The van der Waals surface area contributed by atoms with Gasteiger partial charge < -0.3 is 19.5 Å². The summed E-state index contributed by atoms with van der Waals surface area (Å²) in [6.07, 6.45) is 1.60. The summed E-state index contributed by atoms with van der Waals surface area (Å²) < 4.78 is 20.2. The molecule has 1 fully saturated rings. The van der Waals surface area contributed by atoms with Crippen LogP contribution in [-0.4, -0.2) is 60.8 Å². The monoisotopic (exact) mass is 484 g/mol. The lowest BCUT2D eigenvalue weighted by Gasteiger charge is -2.33. The molecule has 1 saturated heterocycles. The second kappa shape index (κ2) is 12.0. The average molecular weight is 485 g/mol. The van der Waals surface area contributed by atoms with E-state index in [1.807, 2.05) is 30.3 Å². The van der Waals surface area contributed by atoms with Crippen LogP contribution >= 0.6 is 0 Å². The molecule has 8 heteroatoms. The molecule has 0 bridgehead atoms. The zero-order chi connectivity index (χ0) is 25.4. The number of carbonyl (C=O) groups is 3. The first-order valence-electron chi connectivity index (χ1n) is 11.9. The second-order valence-electron chi connectivity index (χ2n) is 9.01. The van der Waals surface area contributed by atoms with E-state index in [0.717, 1.165) is 18.3 Å². The first kappa shape index (κ1) is 26.5. The summed E-state index contributed by atoms with van der Waals surface area (Å²) >= 11 is 0. The highest BCUT2D eigenvalue weighted by atomic mass is 19.1. The maximum absolute atomic E-state index is 14.4. The van der Waals surface area contributed by atoms with E-state index in [0.29, 0.717) is 25.3 Å². The van der Waals surface area contributed by atoms with Crippen LogP contribution in [-0.2, 0) is 14.3 Å². The summed E-state index contributed by atoms with van der Waals surface area (Å²) in [5.41, 5.74) is 0.109. The van der Waals surface area contributed by atoms with E-state index in [1.54, 1.807) is 36.1 Å². The van der Waals surface area contributed by atoms with E-state index in [2.05, 4.69) is 5.32 Å². The lowest BCUT2D eigenvalue weighted by atomic mass is 9.90. The Balaban J connectivity index is 1.81. The Morgan fingerprint density at radius 3 is 2.63 bits per heavy atom. The number of carboxylic acids is 1. The molecule has 2 aromatic carbocycles. The number of aldehydes is 1. The van der Waals surface area contributed by atoms with Crippen molar-refractivity contribution in [2.75, 3.05) is 24.7 Å². The molecule has 2 aromatic rings. The molecule has 0 amide bonds. The molecule has 2 N–H and O–H groups in total. The number of aliphatic carboxylic acids is 1. The van der Waals surface area contributed by atoms with E-state index >= 15 is 0 Å². The van der Waals surface area contributed by atoms with Crippen LogP contribution in [0.3, 0.4) is 0 Å². The van der Waals surface area contributed by atoms with E-state index in [-0.39, 0.29) is 12.0 Å². The minimum Gasteiger partial charge on any atom is -0.480 e. The minimum absolute atomic E-state index is 0.234. The van der Waals surface area contributed by atoms with Crippen molar-refractivity contribution >= 4 is 23.7 Å². The fourth-order valence-corrected chi connectivity index (χ4v) is 4.57. The fourth-order valence-electron chi connectivity index (χ4n) is 4.57. The van der Waals surface area contributed by atoms with E-state index in [9.17, 15) is 23.9 Å². The number of rotatable bonds is 13. The Hall–Kier alpha value is -3.10. The molecule has 0 saturated carbocycles. The molecule has 188 valence electrons. The third-order valence-electron chi connectivity index (χ3n) is 6.45.